The molecule has 0 aromatic rings. The summed E-state index contributed by atoms with van der Waals surface area (Å²) in [6, 6.07) is -6.17. The lowest BCUT2D eigenvalue weighted by Gasteiger charge is -2.25. The van der Waals surface area contributed by atoms with Crippen LogP contribution in [0.5, 0.6) is 0 Å². The maximum atomic E-state index is 12.5. The fraction of sp³-hybridized carbons (Fsp3) is 0.625. The number of carboxylic acids is 3. The van der Waals surface area contributed by atoms with Crippen LogP contribution in [0.3, 0.4) is 0 Å². The van der Waals surface area contributed by atoms with Gasteiger partial charge < -0.3 is 42.1 Å². The third-order valence-electron chi connectivity index (χ3n) is 3.87. The van der Waals surface area contributed by atoms with Gasteiger partial charge in [0.25, 0.3) is 0 Å². The van der Waals surface area contributed by atoms with Gasteiger partial charge in [0.15, 0.2) is 6.04 Å². The Kier molecular flexibility index (Phi) is 12.1. The van der Waals surface area contributed by atoms with E-state index in [1.807, 2.05) is 5.32 Å². The lowest BCUT2D eigenvalue weighted by molar-refractivity contribution is -0.146. The van der Waals surface area contributed by atoms with E-state index in [9.17, 15) is 33.9 Å². The Morgan fingerprint density at radius 2 is 1.39 bits per heavy atom. The Morgan fingerprint density at radius 1 is 0.871 bits per heavy atom. The standard InChI is InChI=1S/C16H26N4O10S/c1-6(21)12(16(29)30)20-14(27)8(2-3-10(22)23)18-15(28)9(4-11(24)25)19-13(26)7(17)5-31/h6-9,12,21,31H,2-5,17H2,1H3,(H,18,28)(H,19,26)(H,20,27)(H,22,23)(H,24,25)(H,29,30). The van der Waals surface area contributed by atoms with E-state index in [-0.39, 0.29) is 5.75 Å². The summed E-state index contributed by atoms with van der Waals surface area (Å²) in [5.41, 5.74) is 5.46. The lowest BCUT2D eigenvalue weighted by Crippen LogP contribution is -2.58. The molecular weight excluding hydrogens is 440 g/mol. The van der Waals surface area contributed by atoms with Gasteiger partial charge in [0.05, 0.1) is 18.6 Å². The van der Waals surface area contributed by atoms with Crippen LogP contribution in [0.2, 0.25) is 0 Å². The molecule has 3 amide bonds. The Morgan fingerprint density at radius 3 is 1.81 bits per heavy atom. The summed E-state index contributed by atoms with van der Waals surface area (Å²) in [6.45, 7) is 1.09. The number of hydrogen-bond donors (Lipinski definition) is 9. The molecule has 0 spiro atoms. The average molecular weight is 466 g/mol. The van der Waals surface area contributed by atoms with Gasteiger partial charge in [0, 0.05) is 12.2 Å². The topological polar surface area (TPSA) is 245 Å². The molecule has 0 aliphatic carbocycles. The summed E-state index contributed by atoms with van der Waals surface area (Å²) in [7, 11) is 0. The second kappa shape index (κ2) is 13.4. The lowest BCUT2D eigenvalue weighted by atomic mass is 10.1. The van der Waals surface area contributed by atoms with Crippen LogP contribution >= 0.6 is 12.6 Å². The van der Waals surface area contributed by atoms with Gasteiger partial charge in [-0.3, -0.25) is 24.0 Å². The number of nitrogens with one attached hydrogen (secondary N) is 3. The van der Waals surface area contributed by atoms with Gasteiger partial charge >= 0.3 is 17.9 Å². The number of thiol groups is 1. The van der Waals surface area contributed by atoms with Crippen molar-refractivity contribution >= 4 is 48.3 Å². The van der Waals surface area contributed by atoms with Crippen LogP contribution in [0.25, 0.3) is 0 Å². The number of aliphatic hydroxyl groups is 1. The third kappa shape index (κ3) is 10.6. The molecule has 0 aromatic carbocycles. The number of carboxylic acid groups (broad SMARTS) is 3. The Labute approximate surface area is 182 Å². The molecule has 15 heteroatoms. The Bertz CT molecular complexity index is 702. The van der Waals surface area contributed by atoms with Crippen LogP contribution in [0.15, 0.2) is 0 Å². The predicted molar refractivity (Wildman–Crippen MR) is 106 cm³/mol. The highest BCUT2D eigenvalue weighted by Gasteiger charge is 2.32. The van der Waals surface area contributed by atoms with Gasteiger partial charge in [0.1, 0.15) is 12.1 Å². The third-order valence-corrected chi connectivity index (χ3v) is 4.26. The molecule has 0 aliphatic rings. The van der Waals surface area contributed by atoms with Crippen molar-refractivity contribution < 1.29 is 49.2 Å². The molecule has 9 N–H and O–H groups in total. The molecule has 0 bridgehead atoms. The first kappa shape index (κ1) is 28.1. The first-order valence-electron chi connectivity index (χ1n) is 8.92. The smallest absolute Gasteiger partial charge is 0.328 e. The van der Waals surface area contributed by atoms with Crippen molar-refractivity contribution in [3.05, 3.63) is 0 Å². The molecule has 176 valence electrons. The van der Waals surface area contributed by atoms with Crippen molar-refractivity contribution in [3.63, 3.8) is 0 Å². The van der Waals surface area contributed by atoms with Crippen LogP contribution in [0, 0.1) is 0 Å². The number of aliphatic hydroxyl groups excluding tert-OH is 1. The number of carbonyl (C=O) groups is 6. The van der Waals surface area contributed by atoms with E-state index in [0.717, 1.165) is 6.92 Å². The Hall–Kier alpha value is -2.91. The first-order valence-corrected chi connectivity index (χ1v) is 9.55. The number of amides is 3. The van der Waals surface area contributed by atoms with Crippen LogP contribution in [0.1, 0.15) is 26.2 Å². The fourth-order valence-electron chi connectivity index (χ4n) is 2.20. The van der Waals surface area contributed by atoms with E-state index in [2.05, 4.69) is 23.3 Å². The van der Waals surface area contributed by atoms with E-state index >= 15 is 0 Å². The summed E-state index contributed by atoms with van der Waals surface area (Å²) in [5.74, 6) is -7.63. The molecule has 0 fully saturated rings. The van der Waals surface area contributed by atoms with Crippen LogP contribution in [-0.4, -0.2) is 92.1 Å². The second-order valence-corrected chi connectivity index (χ2v) is 6.87. The van der Waals surface area contributed by atoms with E-state index in [1.54, 1.807) is 0 Å². The number of carbonyl (C=O) groups excluding carboxylic acids is 3. The van der Waals surface area contributed by atoms with Crippen molar-refractivity contribution in [3.8, 4) is 0 Å². The zero-order chi connectivity index (χ0) is 24.3. The molecule has 5 unspecified atom stereocenters. The van der Waals surface area contributed by atoms with Crippen molar-refractivity contribution in [1.82, 2.24) is 16.0 Å². The van der Waals surface area contributed by atoms with Gasteiger partial charge in [-0.1, -0.05) is 0 Å². The number of nitrogens with two attached hydrogens (primary N) is 1. The molecule has 0 saturated heterocycles. The largest absolute Gasteiger partial charge is 0.481 e. The minimum atomic E-state index is -1.75. The fourth-order valence-corrected chi connectivity index (χ4v) is 2.36. The summed E-state index contributed by atoms with van der Waals surface area (Å²) in [6.07, 6.45) is -3.48. The average Bonchev–Trinajstić information content (AvgIpc) is 2.66. The molecule has 0 radical (unpaired) electrons. The monoisotopic (exact) mass is 466 g/mol. The SMILES string of the molecule is CC(O)C(NC(=O)C(CCC(=O)O)NC(=O)C(CC(=O)O)NC(=O)C(N)CS)C(=O)O. The van der Waals surface area contributed by atoms with Gasteiger partial charge in [-0.15, -0.1) is 0 Å². The van der Waals surface area contributed by atoms with Gasteiger partial charge in [-0.25, -0.2) is 4.79 Å². The molecule has 14 nitrogen and oxygen atoms in total. The highest BCUT2D eigenvalue weighted by Crippen LogP contribution is 2.04. The zero-order valence-corrected chi connectivity index (χ0v) is 17.4. The molecule has 0 aromatic heterocycles. The van der Waals surface area contributed by atoms with Crippen molar-refractivity contribution in [2.45, 2.75) is 56.5 Å². The van der Waals surface area contributed by atoms with Gasteiger partial charge in [0.2, 0.25) is 17.7 Å². The van der Waals surface area contributed by atoms with Crippen LogP contribution < -0.4 is 21.7 Å². The minimum absolute atomic E-state index is 0.104. The van der Waals surface area contributed by atoms with E-state index < -0.39 is 85.2 Å². The molecule has 0 saturated carbocycles. The quantitative estimate of drug-likeness (QED) is 0.114. The molecular formula is C16H26N4O10S. The maximum absolute atomic E-state index is 12.5. The molecule has 0 aliphatic heterocycles. The number of hydrogen-bond acceptors (Lipinski definition) is 9. The highest BCUT2D eigenvalue weighted by molar-refractivity contribution is 7.80. The van der Waals surface area contributed by atoms with Crippen molar-refractivity contribution in [1.29, 1.82) is 0 Å². The summed E-state index contributed by atoms with van der Waals surface area (Å²) >= 11 is 3.81. The summed E-state index contributed by atoms with van der Waals surface area (Å²) < 4.78 is 0. The number of aliphatic carboxylic acids is 3. The van der Waals surface area contributed by atoms with E-state index in [4.69, 9.17) is 21.1 Å². The van der Waals surface area contributed by atoms with Crippen LogP contribution in [0.4, 0.5) is 0 Å². The summed E-state index contributed by atoms with van der Waals surface area (Å²) in [5, 5.41) is 42.5. The van der Waals surface area contributed by atoms with E-state index in [1.165, 1.54) is 0 Å². The molecule has 0 rings (SSSR count). The maximum Gasteiger partial charge on any atom is 0.328 e. The minimum Gasteiger partial charge on any atom is -0.481 e. The summed E-state index contributed by atoms with van der Waals surface area (Å²) in [4.78, 5) is 69.8. The van der Waals surface area contributed by atoms with E-state index in [0.29, 0.717) is 0 Å². The zero-order valence-electron chi connectivity index (χ0n) is 16.5. The number of rotatable bonds is 14. The molecule has 0 heterocycles. The normalized spacial score (nSPS) is 15.5. The molecule has 31 heavy (non-hydrogen) atoms. The Balaban J connectivity index is 5.55. The highest BCUT2D eigenvalue weighted by atomic mass is 32.1. The van der Waals surface area contributed by atoms with Crippen molar-refractivity contribution in [2.24, 2.45) is 5.73 Å². The van der Waals surface area contributed by atoms with Gasteiger partial charge in [-0.2, -0.15) is 12.6 Å². The van der Waals surface area contributed by atoms with Crippen LogP contribution in [-0.2, 0) is 28.8 Å². The van der Waals surface area contributed by atoms with Crippen molar-refractivity contribution in [2.75, 3.05) is 5.75 Å². The predicted octanol–water partition coefficient (Wildman–Crippen LogP) is -3.50. The second-order valence-electron chi connectivity index (χ2n) is 6.51. The first-order chi connectivity index (χ1) is 14.3. The molecule has 5 atom stereocenters. The van der Waals surface area contributed by atoms with Gasteiger partial charge in [-0.05, 0) is 13.3 Å².